The van der Waals surface area contributed by atoms with Crippen LogP contribution < -0.4 is 5.32 Å². The Morgan fingerprint density at radius 2 is 1.95 bits per heavy atom. The lowest BCUT2D eigenvalue weighted by Gasteiger charge is -2.34. The van der Waals surface area contributed by atoms with Crippen molar-refractivity contribution in [2.24, 2.45) is 0 Å². The average Bonchev–Trinajstić information content (AvgIpc) is 2.65. The van der Waals surface area contributed by atoms with Gasteiger partial charge >= 0.3 is 6.03 Å². The number of aryl methyl sites for hydroxylation is 1. The first-order valence-electron chi connectivity index (χ1n) is 7.67. The number of nitrogens with zero attached hydrogens (tertiary/aromatic N) is 2. The van der Waals surface area contributed by atoms with Crippen LogP contribution in [0.4, 0.5) is 4.79 Å². The molecule has 2 heterocycles. The van der Waals surface area contributed by atoms with Crippen molar-refractivity contribution in [3.05, 3.63) is 29.6 Å². The summed E-state index contributed by atoms with van der Waals surface area (Å²) >= 11 is 0. The normalized spacial score (nSPS) is 21.5. The van der Waals surface area contributed by atoms with E-state index < -0.39 is 5.54 Å². The Bertz CT molecular complexity index is 562. The lowest BCUT2D eigenvalue weighted by atomic mass is 9.88. The average molecular weight is 287 g/mol. The van der Waals surface area contributed by atoms with Gasteiger partial charge in [0.25, 0.3) is 5.91 Å². The van der Waals surface area contributed by atoms with E-state index >= 15 is 0 Å². The van der Waals surface area contributed by atoms with Crippen LogP contribution in [0.3, 0.4) is 0 Å². The summed E-state index contributed by atoms with van der Waals surface area (Å²) in [7, 11) is 0. The van der Waals surface area contributed by atoms with Crippen LogP contribution in [-0.4, -0.2) is 27.4 Å². The molecular weight excluding hydrogens is 266 g/mol. The molecule has 0 atom stereocenters. The summed E-state index contributed by atoms with van der Waals surface area (Å²) in [5, 5.41) is 2.52. The SMILES string of the molecule is Cc1cccnc1CN1C(=O)NC(=O)C12CCCCCC2. The molecule has 2 fully saturated rings. The fourth-order valence-corrected chi connectivity index (χ4v) is 3.47. The molecule has 3 amide bonds. The fourth-order valence-electron chi connectivity index (χ4n) is 3.47. The van der Waals surface area contributed by atoms with Crippen LogP contribution in [0.5, 0.6) is 0 Å². The fraction of sp³-hybridized carbons (Fsp3) is 0.562. The van der Waals surface area contributed by atoms with Gasteiger partial charge in [0.1, 0.15) is 5.54 Å². The van der Waals surface area contributed by atoms with Gasteiger partial charge in [0, 0.05) is 6.20 Å². The van der Waals surface area contributed by atoms with E-state index in [-0.39, 0.29) is 11.9 Å². The third-order valence-corrected chi connectivity index (χ3v) is 4.76. The van der Waals surface area contributed by atoms with Gasteiger partial charge in [0.2, 0.25) is 0 Å². The van der Waals surface area contributed by atoms with E-state index in [2.05, 4.69) is 10.3 Å². The molecule has 1 aliphatic carbocycles. The van der Waals surface area contributed by atoms with Gasteiger partial charge in [-0.1, -0.05) is 31.7 Å². The van der Waals surface area contributed by atoms with E-state index in [1.165, 1.54) is 0 Å². The molecule has 5 nitrogen and oxygen atoms in total. The summed E-state index contributed by atoms with van der Waals surface area (Å²) in [5.41, 5.74) is 1.26. The van der Waals surface area contributed by atoms with E-state index in [1.807, 2.05) is 19.1 Å². The standard InChI is InChI=1S/C16H21N3O2/c1-12-7-6-10-17-13(12)11-19-15(21)18-14(20)16(19)8-4-2-3-5-9-16/h6-7,10H,2-5,8-9,11H2,1H3,(H,18,20,21). The van der Waals surface area contributed by atoms with E-state index in [1.54, 1.807) is 11.1 Å². The summed E-state index contributed by atoms with van der Waals surface area (Å²) in [4.78, 5) is 30.7. The number of pyridine rings is 1. The number of aromatic nitrogens is 1. The van der Waals surface area contributed by atoms with Crippen molar-refractivity contribution in [3.63, 3.8) is 0 Å². The Hall–Kier alpha value is -1.91. The van der Waals surface area contributed by atoms with Crippen molar-refractivity contribution < 1.29 is 9.59 Å². The molecular formula is C16H21N3O2. The molecule has 3 rings (SSSR count). The Kier molecular flexibility index (Phi) is 3.66. The van der Waals surface area contributed by atoms with Crippen molar-refractivity contribution in [1.82, 2.24) is 15.2 Å². The summed E-state index contributed by atoms with van der Waals surface area (Å²) in [6, 6.07) is 3.60. The predicted octanol–water partition coefficient (Wildman–Crippen LogP) is 2.53. The van der Waals surface area contributed by atoms with Crippen LogP contribution in [0, 0.1) is 6.92 Å². The Balaban J connectivity index is 1.92. The highest BCUT2D eigenvalue weighted by Gasteiger charge is 2.52. The highest BCUT2D eigenvalue weighted by atomic mass is 16.2. The van der Waals surface area contributed by atoms with Crippen molar-refractivity contribution >= 4 is 11.9 Å². The van der Waals surface area contributed by atoms with E-state index in [4.69, 9.17) is 0 Å². The Morgan fingerprint density at radius 1 is 1.24 bits per heavy atom. The molecule has 0 bridgehead atoms. The van der Waals surface area contributed by atoms with Gasteiger partial charge < -0.3 is 4.90 Å². The lowest BCUT2D eigenvalue weighted by molar-refractivity contribution is -0.127. The molecule has 1 aliphatic heterocycles. The first kappa shape index (κ1) is 14.0. The second-order valence-electron chi connectivity index (χ2n) is 6.06. The van der Waals surface area contributed by atoms with Crippen molar-refractivity contribution in [2.45, 2.75) is 57.5 Å². The molecule has 0 radical (unpaired) electrons. The lowest BCUT2D eigenvalue weighted by Crippen LogP contribution is -2.49. The zero-order valence-corrected chi connectivity index (χ0v) is 12.4. The molecule has 1 spiro atoms. The molecule has 0 aromatic carbocycles. The van der Waals surface area contributed by atoms with Crippen LogP contribution in [0.1, 0.15) is 49.8 Å². The number of carbonyl (C=O) groups excluding carboxylic acids is 2. The first-order valence-corrected chi connectivity index (χ1v) is 7.67. The van der Waals surface area contributed by atoms with Crippen molar-refractivity contribution in [1.29, 1.82) is 0 Å². The van der Waals surface area contributed by atoms with Gasteiger partial charge in [0.15, 0.2) is 0 Å². The molecule has 5 heteroatoms. The molecule has 1 saturated carbocycles. The zero-order chi connectivity index (χ0) is 14.9. The Labute approximate surface area is 124 Å². The van der Waals surface area contributed by atoms with Crippen molar-refractivity contribution in [2.75, 3.05) is 0 Å². The molecule has 112 valence electrons. The monoisotopic (exact) mass is 287 g/mol. The predicted molar refractivity (Wildman–Crippen MR) is 78.5 cm³/mol. The first-order chi connectivity index (χ1) is 10.1. The maximum atomic E-state index is 12.4. The number of hydrogen-bond donors (Lipinski definition) is 1. The number of imide groups is 1. The van der Waals surface area contributed by atoms with Crippen LogP contribution in [0.15, 0.2) is 18.3 Å². The van der Waals surface area contributed by atoms with E-state index in [0.29, 0.717) is 6.54 Å². The number of urea groups is 1. The third kappa shape index (κ3) is 2.41. The van der Waals surface area contributed by atoms with Crippen LogP contribution in [0.2, 0.25) is 0 Å². The molecule has 21 heavy (non-hydrogen) atoms. The number of amides is 3. The zero-order valence-electron chi connectivity index (χ0n) is 12.4. The van der Waals surface area contributed by atoms with Gasteiger partial charge in [-0.15, -0.1) is 0 Å². The van der Waals surface area contributed by atoms with Crippen LogP contribution in [0.25, 0.3) is 0 Å². The largest absolute Gasteiger partial charge is 0.325 e. The van der Waals surface area contributed by atoms with Gasteiger partial charge in [-0.3, -0.25) is 15.1 Å². The molecule has 1 saturated heterocycles. The maximum Gasteiger partial charge on any atom is 0.325 e. The summed E-state index contributed by atoms with van der Waals surface area (Å²) in [6.07, 6.45) is 7.53. The second-order valence-corrected chi connectivity index (χ2v) is 6.06. The van der Waals surface area contributed by atoms with Crippen LogP contribution in [-0.2, 0) is 11.3 Å². The quantitative estimate of drug-likeness (QED) is 0.850. The highest BCUT2D eigenvalue weighted by Crippen LogP contribution is 2.37. The number of hydrogen-bond acceptors (Lipinski definition) is 3. The second kappa shape index (κ2) is 5.47. The molecule has 2 aliphatic rings. The number of rotatable bonds is 2. The van der Waals surface area contributed by atoms with Gasteiger partial charge in [0.05, 0.1) is 12.2 Å². The molecule has 1 aromatic heterocycles. The third-order valence-electron chi connectivity index (χ3n) is 4.76. The van der Waals surface area contributed by atoms with E-state index in [9.17, 15) is 9.59 Å². The van der Waals surface area contributed by atoms with Gasteiger partial charge in [-0.05, 0) is 31.4 Å². The highest BCUT2D eigenvalue weighted by molar-refractivity contribution is 6.07. The van der Waals surface area contributed by atoms with Gasteiger partial charge in [-0.25, -0.2) is 4.79 Å². The van der Waals surface area contributed by atoms with Gasteiger partial charge in [-0.2, -0.15) is 0 Å². The summed E-state index contributed by atoms with van der Waals surface area (Å²) in [5.74, 6) is -0.122. The van der Waals surface area contributed by atoms with E-state index in [0.717, 1.165) is 49.8 Å². The topological polar surface area (TPSA) is 62.3 Å². The summed E-state index contributed by atoms with van der Waals surface area (Å²) in [6.45, 7) is 2.39. The summed E-state index contributed by atoms with van der Waals surface area (Å²) < 4.78 is 0. The Morgan fingerprint density at radius 3 is 2.62 bits per heavy atom. The number of carbonyl (C=O) groups is 2. The molecule has 1 aromatic rings. The number of nitrogens with one attached hydrogen (secondary N) is 1. The minimum Gasteiger partial charge on any atom is -0.304 e. The van der Waals surface area contributed by atoms with Crippen LogP contribution >= 0.6 is 0 Å². The minimum atomic E-state index is -0.655. The smallest absolute Gasteiger partial charge is 0.304 e. The van der Waals surface area contributed by atoms with Crippen molar-refractivity contribution in [3.8, 4) is 0 Å². The molecule has 0 unspecified atom stereocenters. The maximum absolute atomic E-state index is 12.4. The minimum absolute atomic E-state index is 0.122. The molecule has 1 N–H and O–H groups in total.